The maximum absolute atomic E-state index is 12.4. The van der Waals surface area contributed by atoms with Gasteiger partial charge in [-0.3, -0.25) is 9.69 Å². The topological polar surface area (TPSA) is 34.5 Å². The predicted molar refractivity (Wildman–Crippen MR) is 81.4 cm³/mol. The lowest BCUT2D eigenvalue weighted by molar-refractivity contribution is 0.189. The lowest BCUT2D eigenvalue weighted by Crippen LogP contribution is -2.37. The number of pyridine rings is 1. The first-order chi connectivity index (χ1) is 9.71. The summed E-state index contributed by atoms with van der Waals surface area (Å²) in [6.07, 6.45) is 1.79. The number of methoxy groups -OCH3 is 1. The van der Waals surface area contributed by atoms with Crippen LogP contribution in [0.1, 0.15) is 30.2 Å². The third-order valence-electron chi connectivity index (χ3n) is 3.94. The number of aromatic nitrogens is 1. The van der Waals surface area contributed by atoms with Gasteiger partial charge in [-0.25, -0.2) is 0 Å². The van der Waals surface area contributed by atoms with E-state index in [1.807, 2.05) is 10.6 Å². The number of ether oxygens (including phenoxy) is 1. The molecule has 0 N–H and O–H groups in total. The molecular formula is C15H23ClN2O2. The fraction of sp³-hybridized carbons (Fsp3) is 0.667. The van der Waals surface area contributed by atoms with E-state index >= 15 is 0 Å². The average molecular weight is 299 g/mol. The van der Waals surface area contributed by atoms with E-state index in [-0.39, 0.29) is 11.4 Å². The molecule has 0 saturated heterocycles. The quantitative estimate of drug-likeness (QED) is 0.595. The van der Waals surface area contributed by atoms with Gasteiger partial charge in [0.1, 0.15) is 0 Å². The molecule has 0 atom stereocenters. The molecule has 0 aromatic carbocycles. The standard InChI is InChI=1S/C15H23ClN2O2/c1-3-17-7-5-14-13(11-17)9-12(10-16)15(19)18(14)6-4-8-20-2/h9H,3-8,10-11H2,1-2H3. The molecule has 0 radical (unpaired) electrons. The molecule has 0 aliphatic carbocycles. The molecule has 0 spiro atoms. The number of hydrogen-bond acceptors (Lipinski definition) is 3. The van der Waals surface area contributed by atoms with Crippen molar-refractivity contribution in [2.45, 2.75) is 38.7 Å². The Bertz CT molecular complexity index is 513. The Morgan fingerprint density at radius 1 is 1.45 bits per heavy atom. The summed E-state index contributed by atoms with van der Waals surface area (Å²) >= 11 is 5.93. The van der Waals surface area contributed by atoms with Gasteiger partial charge in [-0.05, 0) is 24.6 Å². The number of halogens is 1. The molecule has 0 unspecified atom stereocenters. The molecule has 0 fully saturated rings. The van der Waals surface area contributed by atoms with Gasteiger partial charge >= 0.3 is 0 Å². The third-order valence-corrected chi connectivity index (χ3v) is 4.23. The number of alkyl halides is 1. The van der Waals surface area contributed by atoms with Crippen LogP contribution in [0, 0.1) is 0 Å². The van der Waals surface area contributed by atoms with E-state index in [1.165, 1.54) is 11.3 Å². The van der Waals surface area contributed by atoms with Crippen LogP contribution in [0.4, 0.5) is 0 Å². The van der Waals surface area contributed by atoms with Crippen LogP contribution < -0.4 is 5.56 Å². The van der Waals surface area contributed by atoms with Crippen molar-refractivity contribution in [1.82, 2.24) is 9.47 Å². The Morgan fingerprint density at radius 3 is 2.90 bits per heavy atom. The summed E-state index contributed by atoms with van der Waals surface area (Å²) in [5.74, 6) is 0.280. The highest BCUT2D eigenvalue weighted by Gasteiger charge is 2.20. The Hall–Kier alpha value is -0.840. The Morgan fingerprint density at radius 2 is 2.25 bits per heavy atom. The zero-order valence-electron chi connectivity index (χ0n) is 12.3. The number of rotatable bonds is 6. The van der Waals surface area contributed by atoms with Gasteiger partial charge in [-0.15, -0.1) is 11.6 Å². The summed E-state index contributed by atoms with van der Waals surface area (Å²) in [5.41, 5.74) is 3.22. The highest BCUT2D eigenvalue weighted by molar-refractivity contribution is 6.17. The second kappa shape index (κ2) is 7.25. The van der Waals surface area contributed by atoms with Crippen molar-refractivity contribution in [2.24, 2.45) is 0 Å². The fourth-order valence-electron chi connectivity index (χ4n) is 2.81. The minimum Gasteiger partial charge on any atom is -0.385 e. The Kier molecular flexibility index (Phi) is 5.64. The van der Waals surface area contributed by atoms with Crippen molar-refractivity contribution in [3.8, 4) is 0 Å². The van der Waals surface area contributed by atoms with Crippen LogP contribution in [0.2, 0.25) is 0 Å². The van der Waals surface area contributed by atoms with E-state index < -0.39 is 0 Å². The number of hydrogen-bond donors (Lipinski definition) is 0. The first-order valence-electron chi connectivity index (χ1n) is 7.23. The van der Waals surface area contributed by atoms with Crippen LogP contribution in [0.5, 0.6) is 0 Å². The van der Waals surface area contributed by atoms with Crippen molar-refractivity contribution in [1.29, 1.82) is 0 Å². The van der Waals surface area contributed by atoms with Crippen molar-refractivity contribution >= 4 is 11.6 Å². The van der Waals surface area contributed by atoms with E-state index in [0.717, 1.165) is 32.5 Å². The second-order valence-corrected chi connectivity index (χ2v) is 5.46. The Balaban J connectivity index is 2.35. The van der Waals surface area contributed by atoms with Gasteiger partial charge in [0, 0.05) is 51.0 Å². The van der Waals surface area contributed by atoms with Gasteiger partial charge in [0.05, 0.1) is 5.88 Å². The molecule has 0 amide bonds. The summed E-state index contributed by atoms with van der Waals surface area (Å²) in [6.45, 7) is 6.54. The minimum atomic E-state index is 0.0693. The minimum absolute atomic E-state index is 0.0693. The largest absolute Gasteiger partial charge is 0.385 e. The molecule has 0 bridgehead atoms. The highest BCUT2D eigenvalue weighted by Crippen LogP contribution is 2.19. The first kappa shape index (κ1) is 15.5. The van der Waals surface area contributed by atoms with Crippen LogP contribution >= 0.6 is 11.6 Å². The van der Waals surface area contributed by atoms with Crippen molar-refractivity contribution in [3.05, 3.63) is 33.2 Å². The van der Waals surface area contributed by atoms with Gasteiger partial charge in [0.2, 0.25) is 0 Å². The van der Waals surface area contributed by atoms with Crippen LogP contribution in [0.3, 0.4) is 0 Å². The summed E-state index contributed by atoms with van der Waals surface area (Å²) in [6, 6.07) is 2.00. The Labute approximate surface area is 125 Å². The predicted octanol–water partition coefficient (Wildman–Crippen LogP) is 2.00. The zero-order chi connectivity index (χ0) is 14.5. The third kappa shape index (κ3) is 3.25. The van der Waals surface area contributed by atoms with Gasteiger partial charge in [0.25, 0.3) is 5.56 Å². The van der Waals surface area contributed by atoms with Crippen LogP contribution in [-0.4, -0.2) is 36.3 Å². The fourth-order valence-corrected chi connectivity index (χ4v) is 3.00. The molecule has 0 saturated carbocycles. The molecule has 1 aromatic heterocycles. The maximum atomic E-state index is 12.4. The van der Waals surface area contributed by atoms with Gasteiger partial charge in [0.15, 0.2) is 0 Å². The molecule has 112 valence electrons. The molecule has 1 aliphatic heterocycles. The lowest BCUT2D eigenvalue weighted by Gasteiger charge is -2.30. The SMILES string of the molecule is CCN1CCc2c(cc(CCl)c(=O)n2CCCOC)C1. The maximum Gasteiger partial charge on any atom is 0.255 e. The molecule has 5 heteroatoms. The first-order valence-corrected chi connectivity index (χ1v) is 7.76. The van der Waals surface area contributed by atoms with Gasteiger partial charge in [-0.2, -0.15) is 0 Å². The smallest absolute Gasteiger partial charge is 0.255 e. The van der Waals surface area contributed by atoms with E-state index in [4.69, 9.17) is 16.3 Å². The number of nitrogens with zero attached hydrogens (tertiary/aromatic N) is 2. The van der Waals surface area contributed by atoms with Gasteiger partial charge in [-0.1, -0.05) is 6.92 Å². The molecule has 4 nitrogen and oxygen atoms in total. The van der Waals surface area contributed by atoms with Crippen molar-refractivity contribution in [2.75, 3.05) is 26.8 Å². The van der Waals surface area contributed by atoms with Crippen molar-refractivity contribution < 1.29 is 4.74 Å². The highest BCUT2D eigenvalue weighted by atomic mass is 35.5. The molecule has 2 heterocycles. The number of likely N-dealkylation sites (N-methyl/N-ethyl adjacent to an activating group) is 1. The zero-order valence-corrected chi connectivity index (χ0v) is 13.1. The van der Waals surface area contributed by atoms with Crippen molar-refractivity contribution in [3.63, 3.8) is 0 Å². The summed E-state index contributed by atoms with van der Waals surface area (Å²) in [4.78, 5) is 14.8. The normalized spacial score (nSPS) is 15.3. The average Bonchev–Trinajstić information content (AvgIpc) is 2.48. The molecular weight excluding hydrogens is 276 g/mol. The van der Waals surface area contributed by atoms with E-state index in [2.05, 4.69) is 11.8 Å². The van der Waals surface area contributed by atoms with Crippen LogP contribution in [0.25, 0.3) is 0 Å². The summed E-state index contributed by atoms with van der Waals surface area (Å²) in [5, 5.41) is 0. The molecule has 1 aromatic rings. The van der Waals surface area contributed by atoms with E-state index in [1.54, 1.807) is 7.11 Å². The molecule has 20 heavy (non-hydrogen) atoms. The molecule has 2 rings (SSSR count). The van der Waals surface area contributed by atoms with E-state index in [0.29, 0.717) is 18.7 Å². The van der Waals surface area contributed by atoms with Crippen LogP contribution in [-0.2, 0) is 30.1 Å². The second-order valence-electron chi connectivity index (χ2n) is 5.20. The number of fused-ring (bicyclic) bond motifs is 1. The summed E-state index contributed by atoms with van der Waals surface area (Å²) in [7, 11) is 1.69. The van der Waals surface area contributed by atoms with Crippen LogP contribution in [0.15, 0.2) is 10.9 Å². The monoisotopic (exact) mass is 298 g/mol. The molecule has 1 aliphatic rings. The van der Waals surface area contributed by atoms with Gasteiger partial charge < -0.3 is 9.30 Å². The van der Waals surface area contributed by atoms with E-state index in [9.17, 15) is 4.79 Å². The summed E-state index contributed by atoms with van der Waals surface area (Å²) < 4.78 is 7.00. The lowest BCUT2D eigenvalue weighted by atomic mass is 10.0.